The van der Waals surface area contributed by atoms with Crippen LogP contribution in [0.3, 0.4) is 0 Å². The third-order valence-corrected chi connectivity index (χ3v) is 9.88. The van der Waals surface area contributed by atoms with Crippen molar-refractivity contribution < 1.29 is 14.3 Å². The first-order valence-corrected chi connectivity index (χ1v) is 14.7. The van der Waals surface area contributed by atoms with Crippen LogP contribution in [-0.2, 0) is 16.2 Å². The van der Waals surface area contributed by atoms with Gasteiger partial charge in [0, 0.05) is 25.9 Å². The van der Waals surface area contributed by atoms with Gasteiger partial charge in [-0.05, 0) is 55.0 Å². The maximum Gasteiger partial charge on any atom is 0.305 e. The van der Waals surface area contributed by atoms with Crippen LogP contribution in [0.15, 0.2) is 81.0 Å². The molecule has 1 N–H and O–H groups in total. The number of benzene rings is 3. The summed E-state index contributed by atoms with van der Waals surface area (Å²) in [6.45, 7) is 2.37. The molecular weight excluding hydrogens is 608 g/mol. The molecule has 0 bridgehead atoms. The lowest BCUT2D eigenvalue weighted by Crippen LogP contribution is -2.32. The molecule has 3 heterocycles. The van der Waals surface area contributed by atoms with Crippen LogP contribution in [0, 0.1) is 12.8 Å². The van der Waals surface area contributed by atoms with Crippen molar-refractivity contribution in [2.45, 2.75) is 29.7 Å². The number of hydrogen-bond acceptors (Lipinski definition) is 6. The molecule has 6 nitrogen and oxygen atoms in total. The highest BCUT2D eigenvalue weighted by molar-refractivity contribution is 9.10. The van der Waals surface area contributed by atoms with E-state index in [9.17, 15) is 14.4 Å². The highest BCUT2D eigenvalue weighted by Gasteiger charge is 2.56. The second-order valence-electron chi connectivity index (χ2n) is 9.19. The summed E-state index contributed by atoms with van der Waals surface area (Å²) in [4.78, 5) is 44.7. The van der Waals surface area contributed by atoms with Crippen LogP contribution < -0.4 is 14.5 Å². The molecule has 1 fully saturated rings. The first kappa shape index (κ1) is 25.4. The van der Waals surface area contributed by atoms with E-state index in [-0.39, 0.29) is 16.7 Å². The van der Waals surface area contributed by atoms with E-state index in [4.69, 9.17) is 16.3 Å². The number of aromatic amines is 1. The van der Waals surface area contributed by atoms with Crippen molar-refractivity contribution in [3.63, 3.8) is 0 Å². The predicted octanol–water partition coefficient (Wildman–Crippen LogP) is 6.54. The molecule has 3 atom stereocenters. The minimum absolute atomic E-state index is 0.223. The zero-order chi connectivity index (χ0) is 26.6. The SMILES string of the molecule is Cc1ccc(COc2ccc(Br)cc2[C@@H]2c3sc(=O)[nH]c3S[C@H]3C(=O)N(c4ccc(Cl)cc4)C(=O)[C@@H]23)cc1. The molecule has 0 spiro atoms. The van der Waals surface area contributed by atoms with E-state index in [2.05, 4.69) is 20.9 Å². The summed E-state index contributed by atoms with van der Waals surface area (Å²) in [5.41, 5.74) is 3.39. The molecule has 3 aromatic carbocycles. The van der Waals surface area contributed by atoms with Gasteiger partial charge in [0.1, 0.15) is 17.6 Å². The number of rotatable bonds is 5. The molecule has 38 heavy (non-hydrogen) atoms. The number of anilines is 1. The monoisotopic (exact) mass is 626 g/mol. The largest absolute Gasteiger partial charge is 0.489 e. The van der Waals surface area contributed by atoms with Crippen molar-refractivity contribution in [2.75, 3.05) is 4.90 Å². The first-order valence-electron chi connectivity index (χ1n) is 11.8. The number of ether oxygens (including phenoxy) is 1. The summed E-state index contributed by atoms with van der Waals surface area (Å²) in [5, 5.41) is 0.446. The number of carbonyl (C=O) groups excluding carboxylic acids is 2. The Morgan fingerprint density at radius 1 is 1.00 bits per heavy atom. The average molecular weight is 628 g/mol. The first-order chi connectivity index (χ1) is 18.3. The lowest BCUT2D eigenvalue weighted by Gasteiger charge is -2.31. The standard InChI is InChI=1S/C28H20BrClN2O4S2/c1-14-2-4-15(5-3-14)13-36-20-11-6-16(29)12-19(20)21-22-24(37-25-23(21)38-28(35)31-25)27(34)32(26(22)33)18-9-7-17(30)8-10-18/h2-12,21-22,24H,13H2,1H3,(H,31,35)/t21-,22-,24+/m0/s1. The number of thiazole rings is 1. The molecule has 2 aliphatic heterocycles. The summed E-state index contributed by atoms with van der Waals surface area (Å²) in [6, 6.07) is 20.4. The fourth-order valence-corrected chi connectivity index (χ4v) is 7.95. The Morgan fingerprint density at radius 2 is 1.74 bits per heavy atom. The van der Waals surface area contributed by atoms with Gasteiger partial charge in [-0.15, -0.1) is 0 Å². The van der Waals surface area contributed by atoms with Gasteiger partial charge in [0.25, 0.3) is 0 Å². The number of aryl methyl sites for hydroxylation is 1. The number of imide groups is 1. The van der Waals surface area contributed by atoms with E-state index in [1.54, 1.807) is 24.3 Å². The molecule has 4 aromatic rings. The van der Waals surface area contributed by atoms with Gasteiger partial charge < -0.3 is 9.72 Å². The number of amides is 2. The van der Waals surface area contributed by atoms with E-state index >= 15 is 0 Å². The van der Waals surface area contributed by atoms with Crippen molar-refractivity contribution in [1.82, 2.24) is 4.98 Å². The Kier molecular flexibility index (Phi) is 6.72. The van der Waals surface area contributed by atoms with Crippen molar-refractivity contribution in [3.8, 4) is 5.75 Å². The number of hydrogen-bond donors (Lipinski definition) is 1. The summed E-state index contributed by atoms with van der Waals surface area (Å²) in [7, 11) is 0. The zero-order valence-electron chi connectivity index (χ0n) is 19.9. The molecule has 1 saturated heterocycles. The van der Waals surface area contributed by atoms with Crippen LogP contribution in [0.5, 0.6) is 5.75 Å². The van der Waals surface area contributed by atoms with E-state index in [1.165, 1.54) is 16.7 Å². The molecule has 2 amide bonds. The van der Waals surface area contributed by atoms with Crippen molar-refractivity contribution in [1.29, 1.82) is 0 Å². The van der Waals surface area contributed by atoms with Crippen LogP contribution in [-0.4, -0.2) is 22.0 Å². The minimum Gasteiger partial charge on any atom is -0.489 e. The molecule has 192 valence electrons. The molecule has 0 unspecified atom stereocenters. The Balaban J connectivity index is 1.44. The Labute approximate surface area is 240 Å². The summed E-state index contributed by atoms with van der Waals surface area (Å²) in [5.74, 6) is -1.28. The van der Waals surface area contributed by atoms with Crippen molar-refractivity contribution in [2.24, 2.45) is 5.92 Å². The van der Waals surface area contributed by atoms with Gasteiger partial charge in [-0.25, -0.2) is 4.90 Å². The van der Waals surface area contributed by atoms with E-state index < -0.39 is 17.1 Å². The Morgan fingerprint density at radius 3 is 2.47 bits per heavy atom. The number of H-pyrrole nitrogens is 1. The van der Waals surface area contributed by atoms with Crippen molar-refractivity contribution in [3.05, 3.63) is 107 Å². The fraction of sp³-hybridized carbons (Fsp3) is 0.179. The highest BCUT2D eigenvalue weighted by Crippen LogP contribution is 2.54. The van der Waals surface area contributed by atoms with Gasteiger partial charge >= 0.3 is 4.87 Å². The number of thioether (sulfide) groups is 1. The topological polar surface area (TPSA) is 79.5 Å². The van der Waals surface area contributed by atoms with Crippen molar-refractivity contribution >= 4 is 68.1 Å². The molecular formula is C28H20BrClN2O4S2. The average Bonchev–Trinajstić information content (AvgIpc) is 3.39. The zero-order valence-corrected chi connectivity index (χ0v) is 23.9. The van der Waals surface area contributed by atoms with Gasteiger partial charge in [0.05, 0.1) is 16.6 Å². The van der Waals surface area contributed by atoms with Gasteiger partial charge in [-0.2, -0.15) is 0 Å². The van der Waals surface area contributed by atoms with E-state index in [0.717, 1.165) is 37.4 Å². The lowest BCUT2D eigenvalue weighted by atomic mass is 9.82. The third kappa shape index (κ3) is 4.51. The molecule has 0 radical (unpaired) electrons. The van der Waals surface area contributed by atoms with Gasteiger partial charge in [-0.3, -0.25) is 14.4 Å². The molecule has 1 aromatic heterocycles. The fourth-order valence-electron chi connectivity index (χ4n) is 4.94. The Bertz CT molecular complexity index is 1620. The highest BCUT2D eigenvalue weighted by atomic mass is 79.9. The summed E-state index contributed by atoms with van der Waals surface area (Å²) >= 11 is 11.9. The third-order valence-electron chi connectivity index (χ3n) is 6.73. The van der Waals surface area contributed by atoms with Gasteiger partial charge in [0.2, 0.25) is 11.8 Å². The number of nitrogens with one attached hydrogen (secondary N) is 1. The van der Waals surface area contributed by atoms with Crippen LogP contribution in [0.1, 0.15) is 27.5 Å². The van der Waals surface area contributed by atoms with E-state index in [1.807, 2.05) is 49.4 Å². The normalized spacial score (nSPS) is 20.4. The molecule has 0 saturated carbocycles. The Hall–Kier alpha value is -2.85. The summed E-state index contributed by atoms with van der Waals surface area (Å²) < 4.78 is 7.10. The molecule has 6 rings (SSSR count). The number of nitrogens with zero attached hydrogens (tertiary/aromatic N) is 1. The second kappa shape index (κ2) is 10.0. The number of carbonyl (C=O) groups is 2. The number of aromatic nitrogens is 1. The predicted molar refractivity (Wildman–Crippen MR) is 154 cm³/mol. The van der Waals surface area contributed by atoms with E-state index in [0.29, 0.717) is 28.1 Å². The quantitative estimate of drug-likeness (QED) is 0.255. The van der Waals surface area contributed by atoms with Crippen LogP contribution in [0.25, 0.3) is 0 Å². The van der Waals surface area contributed by atoms with Crippen LogP contribution in [0.4, 0.5) is 5.69 Å². The molecule has 10 heteroatoms. The minimum atomic E-state index is -0.710. The smallest absolute Gasteiger partial charge is 0.305 e. The second-order valence-corrected chi connectivity index (χ2v) is 12.7. The number of halogens is 2. The van der Waals surface area contributed by atoms with Gasteiger partial charge in [-0.1, -0.05) is 80.5 Å². The summed E-state index contributed by atoms with van der Waals surface area (Å²) in [6.07, 6.45) is 0. The van der Waals surface area contributed by atoms with Crippen LogP contribution in [0.2, 0.25) is 5.02 Å². The number of fused-ring (bicyclic) bond motifs is 2. The van der Waals surface area contributed by atoms with Crippen LogP contribution >= 0.6 is 50.6 Å². The maximum atomic E-state index is 14.0. The molecule has 2 aliphatic rings. The lowest BCUT2D eigenvalue weighted by molar-refractivity contribution is -0.122. The molecule has 0 aliphatic carbocycles. The van der Waals surface area contributed by atoms with Gasteiger partial charge in [0.15, 0.2) is 0 Å². The maximum absolute atomic E-state index is 14.0.